The Morgan fingerprint density at radius 2 is 2.47 bits per heavy atom. The van der Waals surface area contributed by atoms with E-state index in [1.807, 2.05) is 12.4 Å². The van der Waals surface area contributed by atoms with Crippen molar-refractivity contribution >= 4 is 5.97 Å². The molecule has 0 aromatic carbocycles. The van der Waals surface area contributed by atoms with E-state index in [4.69, 9.17) is 10.5 Å². The van der Waals surface area contributed by atoms with E-state index >= 15 is 0 Å². The predicted molar refractivity (Wildman–Crippen MR) is 72.7 cm³/mol. The van der Waals surface area contributed by atoms with Crippen molar-refractivity contribution in [2.24, 2.45) is 5.73 Å². The van der Waals surface area contributed by atoms with Gasteiger partial charge in [0.2, 0.25) is 0 Å². The topological polar surface area (TPSA) is 70.1 Å². The van der Waals surface area contributed by atoms with Gasteiger partial charge in [0.1, 0.15) is 11.4 Å². The zero-order valence-electron chi connectivity index (χ0n) is 11.8. The van der Waals surface area contributed by atoms with Crippen molar-refractivity contribution < 1.29 is 9.53 Å². The van der Waals surface area contributed by atoms with Crippen LogP contribution in [0.5, 0.6) is 0 Å². The molecule has 2 atom stereocenters. The number of ether oxygens (including phenoxy) is 1. The molecule has 0 amide bonds. The van der Waals surface area contributed by atoms with E-state index in [2.05, 4.69) is 16.5 Å². The quantitative estimate of drug-likeness (QED) is 0.843. The second-order valence-corrected chi connectivity index (χ2v) is 5.40. The maximum Gasteiger partial charge on any atom is 0.325 e. The van der Waals surface area contributed by atoms with E-state index < -0.39 is 5.54 Å². The number of hydrogen-bond donors (Lipinski definition) is 1. The summed E-state index contributed by atoms with van der Waals surface area (Å²) in [5.41, 5.74) is 5.38. The Bertz CT molecular complexity index is 444. The third kappa shape index (κ3) is 2.81. The summed E-state index contributed by atoms with van der Waals surface area (Å²) < 4.78 is 7.04. The third-order valence-corrected chi connectivity index (χ3v) is 3.97. The van der Waals surface area contributed by atoms with E-state index in [9.17, 15) is 4.79 Å². The number of carbonyl (C=O) groups is 1. The molecular weight excluding hydrogens is 242 g/mol. The van der Waals surface area contributed by atoms with E-state index in [-0.39, 0.29) is 12.0 Å². The minimum atomic E-state index is -0.842. The Balaban J connectivity index is 2.17. The number of imidazole rings is 1. The summed E-state index contributed by atoms with van der Waals surface area (Å²) in [6.45, 7) is 2.14. The van der Waals surface area contributed by atoms with Crippen molar-refractivity contribution in [1.82, 2.24) is 9.55 Å². The highest BCUT2D eigenvalue weighted by Gasteiger charge is 2.41. The first kappa shape index (κ1) is 14.1. The van der Waals surface area contributed by atoms with Crippen LogP contribution in [0.4, 0.5) is 0 Å². The molecule has 0 radical (unpaired) electrons. The molecule has 1 aliphatic rings. The van der Waals surface area contributed by atoms with Crippen molar-refractivity contribution in [2.75, 3.05) is 7.11 Å². The summed E-state index contributed by atoms with van der Waals surface area (Å²) >= 11 is 0. The standard InChI is InChI=1S/C14H23N3O2/c1-3-5-12-16-8-9-17(12)11-6-4-7-14(15,10-11)13(18)19-2/h8-9,11H,3-7,10,15H2,1-2H3. The van der Waals surface area contributed by atoms with Crippen molar-refractivity contribution in [3.8, 4) is 0 Å². The molecule has 0 bridgehead atoms. The summed E-state index contributed by atoms with van der Waals surface area (Å²) in [6, 6.07) is 0.252. The van der Waals surface area contributed by atoms with E-state index in [0.717, 1.165) is 31.5 Å². The lowest BCUT2D eigenvalue weighted by molar-refractivity contribution is -0.148. The van der Waals surface area contributed by atoms with Gasteiger partial charge >= 0.3 is 5.97 Å². The Morgan fingerprint density at radius 1 is 1.68 bits per heavy atom. The number of carbonyl (C=O) groups excluding carboxylic acids is 1. The van der Waals surface area contributed by atoms with Crippen LogP contribution in [0.15, 0.2) is 12.4 Å². The lowest BCUT2D eigenvalue weighted by Gasteiger charge is -2.36. The van der Waals surface area contributed by atoms with Crippen LogP contribution in [-0.4, -0.2) is 28.2 Å². The molecule has 2 rings (SSSR count). The number of methoxy groups -OCH3 is 1. The molecule has 106 valence electrons. The zero-order valence-corrected chi connectivity index (χ0v) is 11.8. The van der Waals surface area contributed by atoms with Gasteiger partial charge in [0.15, 0.2) is 0 Å². The Kier molecular flexibility index (Phi) is 4.24. The molecule has 1 aliphatic carbocycles. The highest BCUT2D eigenvalue weighted by molar-refractivity contribution is 5.80. The molecule has 0 saturated heterocycles. The van der Waals surface area contributed by atoms with Crippen molar-refractivity contribution in [3.05, 3.63) is 18.2 Å². The van der Waals surface area contributed by atoms with Crippen LogP contribution in [0.2, 0.25) is 0 Å². The molecular formula is C14H23N3O2. The van der Waals surface area contributed by atoms with E-state index in [1.54, 1.807) is 0 Å². The SMILES string of the molecule is CCCc1nccn1C1CCCC(N)(C(=O)OC)C1. The molecule has 1 aromatic rings. The predicted octanol–water partition coefficient (Wildman–Crippen LogP) is 1.82. The van der Waals surface area contributed by atoms with Crippen LogP contribution < -0.4 is 5.73 Å². The maximum absolute atomic E-state index is 11.8. The summed E-state index contributed by atoms with van der Waals surface area (Å²) in [5.74, 6) is 0.788. The van der Waals surface area contributed by atoms with Gasteiger partial charge in [0.25, 0.3) is 0 Å². The molecule has 1 heterocycles. The normalized spacial score (nSPS) is 27.2. The maximum atomic E-state index is 11.8. The Labute approximate surface area is 114 Å². The number of rotatable bonds is 4. The van der Waals surface area contributed by atoms with Crippen LogP contribution in [0.3, 0.4) is 0 Å². The van der Waals surface area contributed by atoms with Crippen LogP contribution in [0.25, 0.3) is 0 Å². The molecule has 5 heteroatoms. The van der Waals surface area contributed by atoms with E-state index in [1.165, 1.54) is 7.11 Å². The summed E-state index contributed by atoms with van der Waals surface area (Å²) in [5, 5.41) is 0. The van der Waals surface area contributed by atoms with Crippen molar-refractivity contribution in [3.63, 3.8) is 0 Å². The minimum Gasteiger partial charge on any atom is -0.468 e. The Morgan fingerprint density at radius 3 is 3.16 bits per heavy atom. The highest BCUT2D eigenvalue weighted by atomic mass is 16.5. The summed E-state index contributed by atoms with van der Waals surface area (Å²) in [7, 11) is 1.40. The smallest absolute Gasteiger partial charge is 0.325 e. The van der Waals surface area contributed by atoms with Crippen LogP contribution in [-0.2, 0) is 16.0 Å². The second kappa shape index (κ2) is 5.74. The molecule has 19 heavy (non-hydrogen) atoms. The summed E-state index contributed by atoms with van der Waals surface area (Å²) in [6.07, 6.45) is 9.17. The molecule has 1 saturated carbocycles. The van der Waals surface area contributed by atoms with Crippen LogP contribution >= 0.6 is 0 Å². The molecule has 1 aromatic heterocycles. The lowest BCUT2D eigenvalue weighted by atomic mass is 9.79. The monoisotopic (exact) mass is 265 g/mol. The van der Waals surface area contributed by atoms with Gasteiger partial charge in [0, 0.05) is 24.9 Å². The number of nitrogens with two attached hydrogens (primary N) is 1. The summed E-state index contributed by atoms with van der Waals surface area (Å²) in [4.78, 5) is 16.2. The number of nitrogens with zero attached hydrogens (tertiary/aromatic N) is 2. The van der Waals surface area contributed by atoms with Crippen LogP contribution in [0.1, 0.15) is 50.9 Å². The Hall–Kier alpha value is -1.36. The molecule has 2 unspecified atom stereocenters. The number of esters is 1. The van der Waals surface area contributed by atoms with Gasteiger partial charge in [-0.3, -0.25) is 4.79 Å². The van der Waals surface area contributed by atoms with Gasteiger partial charge < -0.3 is 15.0 Å². The number of aryl methyl sites for hydroxylation is 1. The van der Waals surface area contributed by atoms with Gasteiger partial charge in [-0.15, -0.1) is 0 Å². The third-order valence-electron chi connectivity index (χ3n) is 3.97. The molecule has 1 fully saturated rings. The first-order valence-corrected chi connectivity index (χ1v) is 6.99. The molecule has 0 spiro atoms. The van der Waals surface area contributed by atoms with Gasteiger partial charge in [0.05, 0.1) is 7.11 Å². The number of hydrogen-bond acceptors (Lipinski definition) is 4. The minimum absolute atomic E-state index is 0.252. The van der Waals surface area contributed by atoms with Crippen LogP contribution in [0, 0.1) is 0 Å². The fourth-order valence-electron chi connectivity index (χ4n) is 3.00. The fourth-order valence-corrected chi connectivity index (χ4v) is 3.00. The first-order chi connectivity index (χ1) is 9.10. The fraction of sp³-hybridized carbons (Fsp3) is 0.714. The van der Waals surface area contributed by atoms with Crippen molar-refractivity contribution in [2.45, 2.75) is 57.0 Å². The van der Waals surface area contributed by atoms with Gasteiger partial charge in [-0.05, 0) is 32.1 Å². The average Bonchev–Trinajstić information content (AvgIpc) is 2.86. The highest BCUT2D eigenvalue weighted by Crippen LogP contribution is 2.35. The van der Waals surface area contributed by atoms with E-state index in [0.29, 0.717) is 12.8 Å². The average molecular weight is 265 g/mol. The molecule has 5 nitrogen and oxygen atoms in total. The second-order valence-electron chi connectivity index (χ2n) is 5.40. The number of aromatic nitrogens is 2. The van der Waals surface area contributed by atoms with Gasteiger partial charge in [-0.1, -0.05) is 6.92 Å². The lowest BCUT2D eigenvalue weighted by Crippen LogP contribution is -2.52. The largest absolute Gasteiger partial charge is 0.468 e. The first-order valence-electron chi connectivity index (χ1n) is 6.99. The van der Waals surface area contributed by atoms with Crippen molar-refractivity contribution in [1.29, 1.82) is 0 Å². The van der Waals surface area contributed by atoms with Gasteiger partial charge in [-0.25, -0.2) is 4.98 Å². The molecule has 2 N–H and O–H groups in total. The zero-order chi connectivity index (χ0) is 13.9. The molecule has 0 aliphatic heterocycles. The van der Waals surface area contributed by atoms with Gasteiger partial charge in [-0.2, -0.15) is 0 Å².